The number of aromatic amines is 1. The predicted octanol–water partition coefficient (Wildman–Crippen LogP) is 4.62. The molecule has 0 fully saturated rings. The van der Waals surface area contributed by atoms with Gasteiger partial charge in [-0.3, -0.25) is 4.79 Å². The van der Waals surface area contributed by atoms with E-state index in [0.29, 0.717) is 0 Å². The molecule has 0 atom stereocenters. The van der Waals surface area contributed by atoms with E-state index < -0.39 is 0 Å². The van der Waals surface area contributed by atoms with E-state index in [0.717, 1.165) is 34.9 Å². The van der Waals surface area contributed by atoms with Gasteiger partial charge in [-0.2, -0.15) is 0 Å². The van der Waals surface area contributed by atoms with Crippen molar-refractivity contribution in [2.75, 3.05) is 0 Å². The van der Waals surface area contributed by atoms with Gasteiger partial charge in [-0.05, 0) is 30.5 Å². The molecule has 0 spiro atoms. The molecule has 0 unspecified atom stereocenters. The lowest BCUT2D eigenvalue weighted by Gasteiger charge is -2.17. The minimum absolute atomic E-state index is 0.0428. The number of hydrogen-bond acceptors (Lipinski definition) is 1. The summed E-state index contributed by atoms with van der Waals surface area (Å²) < 4.78 is 0. The lowest BCUT2D eigenvalue weighted by atomic mass is 9.89. The molecule has 1 N–H and O–H groups in total. The molecule has 102 valence electrons. The van der Waals surface area contributed by atoms with Gasteiger partial charge in [0.1, 0.15) is 0 Å². The first-order chi connectivity index (χ1) is 8.97. The maximum absolute atomic E-state index is 11.5. The molecule has 19 heavy (non-hydrogen) atoms. The molecule has 0 aliphatic heterocycles. The molecule has 0 aliphatic carbocycles. The quantitative estimate of drug-likeness (QED) is 0.796. The summed E-state index contributed by atoms with van der Waals surface area (Å²) in [6.07, 6.45) is 4.46. The normalized spacial score (nSPS) is 12.0. The van der Waals surface area contributed by atoms with Crippen LogP contribution in [-0.2, 0) is 11.8 Å². The van der Waals surface area contributed by atoms with Crippen molar-refractivity contribution in [1.82, 2.24) is 4.98 Å². The fourth-order valence-electron chi connectivity index (χ4n) is 2.51. The number of benzene rings is 1. The summed E-state index contributed by atoms with van der Waals surface area (Å²) in [7, 11) is 0. The Balaban J connectivity index is 2.55. The summed E-state index contributed by atoms with van der Waals surface area (Å²) in [5.41, 5.74) is 4.19. The molecule has 0 aliphatic rings. The van der Waals surface area contributed by atoms with Crippen molar-refractivity contribution in [2.45, 2.75) is 52.4 Å². The van der Waals surface area contributed by atoms with Gasteiger partial charge in [-0.15, -0.1) is 0 Å². The predicted molar refractivity (Wildman–Crippen MR) is 81.0 cm³/mol. The Morgan fingerprint density at radius 2 is 2.00 bits per heavy atom. The highest BCUT2D eigenvalue weighted by atomic mass is 16.1. The molecule has 2 rings (SSSR count). The van der Waals surface area contributed by atoms with E-state index in [1.165, 1.54) is 18.4 Å². The zero-order chi connectivity index (χ0) is 14.0. The highest BCUT2D eigenvalue weighted by Gasteiger charge is 2.22. The van der Waals surface area contributed by atoms with Crippen LogP contribution in [0.25, 0.3) is 10.9 Å². The molecule has 1 heterocycles. The summed E-state index contributed by atoms with van der Waals surface area (Å²) >= 11 is 0. The third-order valence-electron chi connectivity index (χ3n) is 3.59. The number of aldehydes is 1. The number of aromatic nitrogens is 1. The molecule has 0 amide bonds. The molecule has 0 saturated heterocycles. The number of aryl methyl sites for hydroxylation is 1. The van der Waals surface area contributed by atoms with E-state index in [1.807, 2.05) is 0 Å². The first kappa shape index (κ1) is 13.9. The Morgan fingerprint density at radius 3 is 2.58 bits per heavy atom. The number of fused-ring (bicyclic) bond motifs is 1. The average molecular weight is 257 g/mol. The topological polar surface area (TPSA) is 32.9 Å². The molecule has 2 aromatic rings. The van der Waals surface area contributed by atoms with E-state index in [-0.39, 0.29) is 5.41 Å². The van der Waals surface area contributed by atoms with Crippen molar-refractivity contribution in [3.63, 3.8) is 0 Å². The van der Waals surface area contributed by atoms with Crippen molar-refractivity contribution in [3.8, 4) is 0 Å². The standard InChI is InChI=1S/C17H23NO/c1-5-6-7-12-8-9-15-13(10-12)14(11-19)16(18-15)17(2,3)4/h8-11,18H,5-7H2,1-4H3. The molecule has 0 bridgehead atoms. The Bertz CT molecular complexity index is 587. The minimum atomic E-state index is -0.0428. The van der Waals surface area contributed by atoms with Gasteiger partial charge in [-0.1, -0.05) is 40.2 Å². The fraction of sp³-hybridized carbons (Fsp3) is 0.471. The summed E-state index contributed by atoms with van der Waals surface area (Å²) in [4.78, 5) is 14.9. The zero-order valence-electron chi connectivity index (χ0n) is 12.3. The van der Waals surface area contributed by atoms with E-state index in [4.69, 9.17) is 0 Å². The first-order valence-corrected chi connectivity index (χ1v) is 7.07. The van der Waals surface area contributed by atoms with Crippen LogP contribution in [0.1, 0.15) is 62.2 Å². The van der Waals surface area contributed by atoms with Crippen LogP contribution in [0.4, 0.5) is 0 Å². The Morgan fingerprint density at radius 1 is 1.26 bits per heavy atom. The van der Waals surface area contributed by atoms with Crippen LogP contribution in [0.3, 0.4) is 0 Å². The van der Waals surface area contributed by atoms with Gasteiger partial charge in [-0.25, -0.2) is 0 Å². The summed E-state index contributed by atoms with van der Waals surface area (Å²) in [6.45, 7) is 8.58. The van der Waals surface area contributed by atoms with Crippen molar-refractivity contribution in [1.29, 1.82) is 0 Å². The SMILES string of the molecule is CCCCc1ccc2[nH]c(C(C)(C)C)c(C=O)c2c1. The summed E-state index contributed by atoms with van der Waals surface area (Å²) in [6, 6.07) is 6.43. The Labute approximate surface area is 115 Å². The highest BCUT2D eigenvalue weighted by molar-refractivity contribution is 5.99. The highest BCUT2D eigenvalue weighted by Crippen LogP contribution is 2.30. The van der Waals surface area contributed by atoms with Crippen molar-refractivity contribution in [3.05, 3.63) is 35.0 Å². The van der Waals surface area contributed by atoms with Crippen LogP contribution in [0.2, 0.25) is 0 Å². The van der Waals surface area contributed by atoms with Gasteiger partial charge >= 0.3 is 0 Å². The number of hydrogen-bond donors (Lipinski definition) is 1. The molecule has 0 radical (unpaired) electrons. The molecule has 2 nitrogen and oxygen atoms in total. The van der Waals surface area contributed by atoms with Crippen molar-refractivity contribution < 1.29 is 4.79 Å². The smallest absolute Gasteiger partial charge is 0.152 e. The Hall–Kier alpha value is -1.57. The second-order valence-corrected chi connectivity index (χ2v) is 6.27. The van der Waals surface area contributed by atoms with E-state index >= 15 is 0 Å². The third-order valence-corrected chi connectivity index (χ3v) is 3.59. The largest absolute Gasteiger partial charge is 0.357 e. The van der Waals surface area contributed by atoms with Crippen LogP contribution in [0.5, 0.6) is 0 Å². The third kappa shape index (κ3) is 2.73. The second kappa shape index (κ2) is 5.20. The number of carbonyl (C=O) groups excluding carboxylic acids is 1. The van der Waals surface area contributed by atoms with Gasteiger partial charge in [0.25, 0.3) is 0 Å². The van der Waals surface area contributed by atoms with E-state index in [2.05, 4.69) is 50.9 Å². The summed E-state index contributed by atoms with van der Waals surface area (Å²) in [5, 5.41) is 1.06. The van der Waals surface area contributed by atoms with Crippen LogP contribution >= 0.6 is 0 Å². The lowest BCUT2D eigenvalue weighted by molar-refractivity contribution is 0.112. The Kier molecular flexibility index (Phi) is 3.79. The van der Waals surface area contributed by atoms with Crippen molar-refractivity contribution >= 4 is 17.2 Å². The second-order valence-electron chi connectivity index (χ2n) is 6.27. The number of nitrogens with one attached hydrogen (secondary N) is 1. The van der Waals surface area contributed by atoms with Crippen LogP contribution < -0.4 is 0 Å². The number of unbranched alkanes of at least 4 members (excludes halogenated alkanes) is 1. The van der Waals surface area contributed by atoms with Crippen LogP contribution in [0.15, 0.2) is 18.2 Å². The molecular weight excluding hydrogens is 234 g/mol. The molecule has 0 saturated carbocycles. The lowest BCUT2D eigenvalue weighted by Crippen LogP contribution is -2.13. The average Bonchev–Trinajstić information content (AvgIpc) is 2.73. The molecule has 1 aromatic carbocycles. The van der Waals surface area contributed by atoms with E-state index in [1.54, 1.807) is 0 Å². The maximum atomic E-state index is 11.5. The fourth-order valence-corrected chi connectivity index (χ4v) is 2.51. The van der Waals surface area contributed by atoms with Crippen LogP contribution in [-0.4, -0.2) is 11.3 Å². The summed E-state index contributed by atoms with van der Waals surface area (Å²) in [5.74, 6) is 0. The molecule has 1 aromatic heterocycles. The monoisotopic (exact) mass is 257 g/mol. The number of H-pyrrole nitrogens is 1. The van der Waals surface area contributed by atoms with Gasteiger partial charge in [0.2, 0.25) is 0 Å². The van der Waals surface area contributed by atoms with Crippen LogP contribution in [0, 0.1) is 0 Å². The first-order valence-electron chi connectivity index (χ1n) is 7.07. The number of rotatable bonds is 4. The zero-order valence-corrected chi connectivity index (χ0v) is 12.3. The minimum Gasteiger partial charge on any atom is -0.357 e. The van der Waals surface area contributed by atoms with Gasteiger partial charge in [0, 0.05) is 27.6 Å². The van der Waals surface area contributed by atoms with Gasteiger partial charge in [0.15, 0.2) is 6.29 Å². The molecular formula is C17H23NO. The molecule has 2 heteroatoms. The van der Waals surface area contributed by atoms with Gasteiger partial charge in [0.05, 0.1) is 0 Å². The van der Waals surface area contributed by atoms with Crippen molar-refractivity contribution in [2.24, 2.45) is 0 Å². The number of carbonyl (C=O) groups is 1. The maximum Gasteiger partial charge on any atom is 0.152 e. The van der Waals surface area contributed by atoms with E-state index in [9.17, 15) is 4.79 Å². The van der Waals surface area contributed by atoms with Gasteiger partial charge < -0.3 is 4.98 Å².